The van der Waals surface area contributed by atoms with Crippen LogP contribution in [0.4, 0.5) is 0 Å². The summed E-state index contributed by atoms with van der Waals surface area (Å²) in [4.78, 5) is 16.9. The summed E-state index contributed by atoms with van der Waals surface area (Å²) in [6.45, 7) is 5.05. The maximum atomic E-state index is 12.4. The average Bonchev–Trinajstić information content (AvgIpc) is 3.17. The van der Waals surface area contributed by atoms with Crippen molar-refractivity contribution < 1.29 is 4.79 Å². The minimum atomic E-state index is 0.323. The van der Waals surface area contributed by atoms with Gasteiger partial charge in [-0.15, -0.1) is 10.2 Å². The van der Waals surface area contributed by atoms with Crippen molar-refractivity contribution in [2.24, 2.45) is 13.0 Å². The van der Waals surface area contributed by atoms with Crippen LogP contribution in [0.3, 0.4) is 0 Å². The smallest absolute Gasteiger partial charge is 0.225 e. The molecule has 2 aliphatic heterocycles. The third-order valence-electron chi connectivity index (χ3n) is 6.19. The molecule has 1 amide bonds. The highest BCUT2D eigenvalue weighted by Crippen LogP contribution is 2.32. The Labute approximate surface area is 144 Å². The normalized spacial score (nSPS) is 23.6. The molecule has 2 saturated heterocycles. The van der Waals surface area contributed by atoms with E-state index in [-0.39, 0.29) is 0 Å². The zero-order valence-corrected chi connectivity index (χ0v) is 14.8. The topological polar surface area (TPSA) is 54.3 Å². The van der Waals surface area contributed by atoms with Crippen molar-refractivity contribution in [1.82, 2.24) is 24.6 Å². The SMILES string of the molecule is Cn1c(CN2CCCC2)nnc1C1CCN(C(=O)C2CCC2)CC1. The monoisotopic (exact) mass is 331 g/mol. The summed E-state index contributed by atoms with van der Waals surface area (Å²) in [7, 11) is 2.10. The van der Waals surface area contributed by atoms with Crippen LogP contribution in [0.2, 0.25) is 0 Å². The van der Waals surface area contributed by atoms with E-state index in [0.29, 0.717) is 17.7 Å². The second kappa shape index (κ2) is 6.82. The first kappa shape index (κ1) is 16.1. The molecule has 1 aromatic heterocycles. The van der Waals surface area contributed by atoms with Crippen molar-refractivity contribution in [3.63, 3.8) is 0 Å². The Morgan fingerprint density at radius 1 is 1.00 bits per heavy atom. The van der Waals surface area contributed by atoms with Gasteiger partial charge in [0.05, 0.1) is 6.54 Å². The van der Waals surface area contributed by atoms with Crippen LogP contribution in [0.1, 0.15) is 62.5 Å². The average molecular weight is 331 g/mol. The maximum Gasteiger partial charge on any atom is 0.225 e. The second-order valence-corrected chi connectivity index (χ2v) is 7.74. The molecule has 3 aliphatic rings. The molecule has 3 fully saturated rings. The number of piperidine rings is 1. The van der Waals surface area contributed by atoms with Crippen LogP contribution in [0.25, 0.3) is 0 Å². The molecule has 6 nitrogen and oxygen atoms in total. The summed E-state index contributed by atoms with van der Waals surface area (Å²) < 4.78 is 2.20. The van der Waals surface area contributed by atoms with Gasteiger partial charge in [-0.25, -0.2) is 0 Å². The Kier molecular flexibility index (Phi) is 4.57. The van der Waals surface area contributed by atoms with E-state index in [0.717, 1.165) is 57.0 Å². The highest BCUT2D eigenvalue weighted by Gasteiger charge is 2.33. The number of likely N-dealkylation sites (tertiary alicyclic amines) is 2. The van der Waals surface area contributed by atoms with E-state index in [9.17, 15) is 4.79 Å². The van der Waals surface area contributed by atoms with Crippen molar-refractivity contribution >= 4 is 5.91 Å². The van der Waals surface area contributed by atoms with Crippen LogP contribution in [-0.2, 0) is 18.4 Å². The number of carbonyl (C=O) groups excluding carboxylic acids is 1. The lowest BCUT2D eigenvalue weighted by atomic mass is 9.83. The highest BCUT2D eigenvalue weighted by molar-refractivity contribution is 5.79. The largest absolute Gasteiger partial charge is 0.342 e. The van der Waals surface area contributed by atoms with Crippen LogP contribution < -0.4 is 0 Å². The summed E-state index contributed by atoms with van der Waals surface area (Å²) in [5, 5.41) is 8.95. The molecule has 0 N–H and O–H groups in total. The molecule has 3 heterocycles. The minimum Gasteiger partial charge on any atom is -0.342 e. The van der Waals surface area contributed by atoms with E-state index in [1.165, 1.54) is 32.4 Å². The predicted molar refractivity (Wildman–Crippen MR) is 91.4 cm³/mol. The van der Waals surface area contributed by atoms with E-state index in [1.807, 2.05) is 0 Å². The van der Waals surface area contributed by atoms with E-state index >= 15 is 0 Å². The van der Waals surface area contributed by atoms with E-state index < -0.39 is 0 Å². The Balaban J connectivity index is 1.35. The molecule has 0 spiro atoms. The summed E-state index contributed by atoms with van der Waals surface area (Å²) in [5.74, 6) is 3.36. The fourth-order valence-electron chi connectivity index (χ4n) is 4.28. The van der Waals surface area contributed by atoms with Gasteiger partial charge < -0.3 is 9.47 Å². The lowest BCUT2D eigenvalue weighted by molar-refractivity contribution is -0.139. The molecule has 1 aromatic rings. The van der Waals surface area contributed by atoms with E-state index in [4.69, 9.17) is 0 Å². The highest BCUT2D eigenvalue weighted by atomic mass is 16.2. The van der Waals surface area contributed by atoms with Gasteiger partial charge in [-0.3, -0.25) is 9.69 Å². The second-order valence-electron chi connectivity index (χ2n) is 7.74. The van der Waals surface area contributed by atoms with E-state index in [1.54, 1.807) is 0 Å². The van der Waals surface area contributed by atoms with Gasteiger partial charge >= 0.3 is 0 Å². The molecule has 0 radical (unpaired) electrons. The molecule has 6 heteroatoms. The van der Waals surface area contributed by atoms with Crippen LogP contribution in [0.15, 0.2) is 0 Å². The van der Waals surface area contributed by atoms with Gasteiger partial charge in [-0.05, 0) is 51.6 Å². The van der Waals surface area contributed by atoms with Gasteiger partial charge in [-0.2, -0.15) is 0 Å². The van der Waals surface area contributed by atoms with Crippen molar-refractivity contribution in [3.05, 3.63) is 11.6 Å². The molecule has 24 heavy (non-hydrogen) atoms. The van der Waals surface area contributed by atoms with Gasteiger partial charge in [0.2, 0.25) is 5.91 Å². The lowest BCUT2D eigenvalue weighted by Crippen LogP contribution is -2.43. The fourth-order valence-corrected chi connectivity index (χ4v) is 4.28. The molecule has 0 atom stereocenters. The first-order valence-electron chi connectivity index (χ1n) is 9.61. The molecule has 4 rings (SSSR count). The Morgan fingerprint density at radius 2 is 1.71 bits per heavy atom. The first-order chi connectivity index (χ1) is 11.7. The minimum absolute atomic E-state index is 0.323. The Bertz CT molecular complexity index is 580. The number of amides is 1. The molecule has 0 unspecified atom stereocenters. The molecule has 0 bridgehead atoms. The van der Waals surface area contributed by atoms with Crippen molar-refractivity contribution in [2.45, 2.75) is 57.4 Å². The fraction of sp³-hybridized carbons (Fsp3) is 0.833. The lowest BCUT2D eigenvalue weighted by Gasteiger charge is -2.36. The standard InChI is InChI=1S/C18H29N5O/c1-21-16(13-22-9-2-3-10-22)19-20-17(21)14-7-11-23(12-8-14)18(24)15-5-4-6-15/h14-15H,2-13H2,1H3. The first-order valence-corrected chi connectivity index (χ1v) is 9.61. The number of nitrogens with zero attached hydrogens (tertiary/aromatic N) is 5. The third kappa shape index (κ3) is 3.08. The van der Waals surface area contributed by atoms with Gasteiger partial charge in [0.25, 0.3) is 0 Å². The maximum absolute atomic E-state index is 12.4. The van der Waals surface area contributed by atoms with Crippen molar-refractivity contribution in [2.75, 3.05) is 26.2 Å². The van der Waals surface area contributed by atoms with Crippen molar-refractivity contribution in [3.8, 4) is 0 Å². The summed E-state index contributed by atoms with van der Waals surface area (Å²) in [6, 6.07) is 0. The van der Waals surface area contributed by atoms with Gasteiger partial charge in [0.1, 0.15) is 11.6 Å². The number of hydrogen-bond acceptors (Lipinski definition) is 4. The molecule has 1 aliphatic carbocycles. The summed E-state index contributed by atoms with van der Waals surface area (Å²) >= 11 is 0. The summed E-state index contributed by atoms with van der Waals surface area (Å²) in [5.41, 5.74) is 0. The summed E-state index contributed by atoms with van der Waals surface area (Å²) in [6.07, 6.45) is 8.08. The molecular weight excluding hydrogens is 302 g/mol. The predicted octanol–water partition coefficient (Wildman–Crippen LogP) is 1.92. The molecular formula is C18H29N5O. The van der Waals surface area contributed by atoms with Crippen molar-refractivity contribution in [1.29, 1.82) is 0 Å². The number of rotatable bonds is 4. The molecule has 1 saturated carbocycles. The quantitative estimate of drug-likeness (QED) is 0.846. The zero-order valence-electron chi connectivity index (χ0n) is 14.8. The van der Waals surface area contributed by atoms with E-state index in [2.05, 4.69) is 31.6 Å². The van der Waals surface area contributed by atoms with Gasteiger partial charge in [0.15, 0.2) is 0 Å². The van der Waals surface area contributed by atoms with Gasteiger partial charge in [-0.1, -0.05) is 6.42 Å². The van der Waals surface area contributed by atoms with Crippen LogP contribution in [0, 0.1) is 5.92 Å². The molecule has 132 valence electrons. The van der Waals surface area contributed by atoms with Crippen LogP contribution in [-0.4, -0.2) is 56.7 Å². The third-order valence-corrected chi connectivity index (χ3v) is 6.19. The number of hydrogen-bond donors (Lipinski definition) is 0. The number of carbonyl (C=O) groups is 1. The van der Waals surface area contributed by atoms with Gasteiger partial charge in [0, 0.05) is 32.0 Å². The Morgan fingerprint density at radius 3 is 2.33 bits per heavy atom. The van der Waals surface area contributed by atoms with Crippen LogP contribution in [0.5, 0.6) is 0 Å². The van der Waals surface area contributed by atoms with Crippen LogP contribution >= 0.6 is 0 Å². The Hall–Kier alpha value is -1.43. The zero-order chi connectivity index (χ0) is 16.5. The molecule has 0 aromatic carbocycles. The number of aromatic nitrogens is 3.